The number of hydrogen-bond donors (Lipinski definition) is 1. The van der Waals surface area contributed by atoms with E-state index >= 15 is 0 Å². The van der Waals surface area contributed by atoms with Gasteiger partial charge in [0.1, 0.15) is 5.69 Å². The Balaban J connectivity index is 1.83. The molecule has 20 heavy (non-hydrogen) atoms. The van der Waals surface area contributed by atoms with Gasteiger partial charge in [0, 0.05) is 25.0 Å². The van der Waals surface area contributed by atoms with Gasteiger partial charge in [-0.25, -0.2) is 4.98 Å². The molecule has 2 N–H and O–H groups in total. The van der Waals surface area contributed by atoms with Crippen LogP contribution in [-0.4, -0.2) is 53.4 Å². The van der Waals surface area contributed by atoms with Crippen molar-refractivity contribution in [3.05, 3.63) is 11.1 Å². The molecule has 5 nitrogen and oxygen atoms in total. The fourth-order valence-corrected chi connectivity index (χ4v) is 3.25. The number of nitrogens with two attached hydrogens (primary N) is 1. The van der Waals surface area contributed by atoms with Crippen molar-refractivity contribution in [3.8, 4) is 0 Å². The van der Waals surface area contributed by atoms with Crippen molar-refractivity contribution in [1.82, 2.24) is 14.8 Å². The number of likely N-dealkylation sites (tertiary alicyclic amines) is 1. The van der Waals surface area contributed by atoms with E-state index in [0.29, 0.717) is 16.7 Å². The van der Waals surface area contributed by atoms with E-state index < -0.39 is 0 Å². The van der Waals surface area contributed by atoms with Crippen molar-refractivity contribution in [2.45, 2.75) is 26.7 Å². The topological polar surface area (TPSA) is 62.5 Å². The molecule has 0 bridgehead atoms. The van der Waals surface area contributed by atoms with Crippen LogP contribution in [0.5, 0.6) is 0 Å². The Morgan fingerprint density at radius 3 is 2.60 bits per heavy atom. The van der Waals surface area contributed by atoms with Crippen LogP contribution in [-0.2, 0) is 0 Å². The Hall–Kier alpha value is -1.14. The number of aromatic nitrogens is 1. The van der Waals surface area contributed by atoms with E-state index in [4.69, 9.17) is 5.73 Å². The lowest BCUT2D eigenvalue weighted by Crippen LogP contribution is -2.41. The number of anilines is 1. The molecule has 1 fully saturated rings. The Morgan fingerprint density at radius 1 is 1.45 bits per heavy atom. The highest BCUT2D eigenvalue weighted by atomic mass is 32.1. The molecule has 2 heterocycles. The fourth-order valence-electron chi connectivity index (χ4n) is 2.71. The summed E-state index contributed by atoms with van der Waals surface area (Å²) in [6.45, 7) is 9.44. The molecule has 0 aliphatic carbocycles. The van der Waals surface area contributed by atoms with E-state index in [1.165, 1.54) is 11.3 Å². The average molecular weight is 296 g/mol. The highest BCUT2D eigenvalue weighted by Crippen LogP contribution is 2.21. The number of carbonyl (C=O) groups is 1. The molecule has 0 unspecified atom stereocenters. The van der Waals surface area contributed by atoms with Crippen LogP contribution in [0.15, 0.2) is 5.38 Å². The molecule has 0 radical (unpaired) electrons. The molecular weight excluding hydrogens is 272 g/mol. The molecule has 1 saturated heterocycles. The number of rotatable bonds is 5. The van der Waals surface area contributed by atoms with Crippen LogP contribution in [0.1, 0.15) is 37.2 Å². The zero-order chi connectivity index (χ0) is 14.5. The molecule has 1 aromatic rings. The summed E-state index contributed by atoms with van der Waals surface area (Å²) in [6.07, 6.45) is 2.17. The van der Waals surface area contributed by atoms with Gasteiger partial charge >= 0.3 is 0 Å². The lowest BCUT2D eigenvalue weighted by molar-refractivity contribution is 0.0664. The summed E-state index contributed by atoms with van der Waals surface area (Å²) in [5, 5.41) is 2.21. The maximum Gasteiger partial charge on any atom is 0.273 e. The second kappa shape index (κ2) is 7.04. The molecule has 6 heteroatoms. The van der Waals surface area contributed by atoms with Crippen molar-refractivity contribution < 1.29 is 4.79 Å². The summed E-state index contributed by atoms with van der Waals surface area (Å²) in [5.74, 6) is 0.735. The quantitative estimate of drug-likeness (QED) is 0.901. The molecule has 1 aliphatic heterocycles. The van der Waals surface area contributed by atoms with Gasteiger partial charge in [-0.3, -0.25) is 4.79 Å². The predicted molar refractivity (Wildman–Crippen MR) is 82.9 cm³/mol. The van der Waals surface area contributed by atoms with Crippen LogP contribution < -0.4 is 5.73 Å². The standard InChI is InChI=1S/C14H24N4OS/c1-3-17(4-2)9-11-5-7-18(8-6-11)13(19)12-10-20-14(15)16-12/h10-11H,3-9H2,1-2H3,(H2,15,16). The second-order valence-electron chi connectivity index (χ2n) is 5.29. The van der Waals surface area contributed by atoms with Gasteiger partial charge in [0.25, 0.3) is 5.91 Å². The first-order chi connectivity index (χ1) is 9.63. The number of amides is 1. The van der Waals surface area contributed by atoms with Crippen molar-refractivity contribution in [2.75, 3.05) is 38.5 Å². The summed E-state index contributed by atoms with van der Waals surface area (Å²) in [4.78, 5) is 20.7. The third-order valence-corrected chi connectivity index (χ3v) is 4.73. The molecule has 0 saturated carbocycles. The summed E-state index contributed by atoms with van der Waals surface area (Å²) in [7, 11) is 0. The van der Waals surface area contributed by atoms with Crippen molar-refractivity contribution in [3.63, 3.8) is 0 Å². The van der Waals surface area contributed by atoms with Crippen LogP contribution in [0.4, 0.5) is 5.13 Å². The number of hydrogen-bond acceptors (Lipinski definition) is 5. The predicted octanol–water partition coefficient (Wildman–Crippen LogP) is 1.92. The third-order valence-electron chi connectivity index (χ3n) is 4.05. The number of carbonyl (C=O) groups excluding carboxylic acids is 1. The monoisotopic (exact) mass is 296 g/mol. The van der Waals surface area contributed by atoms with E-state index in [2.05, 4.69) is 23.7 Å². The van der Waals surface area contributed by atoms with E-state index in [1.54, 1.807) is 5.38 Å². The lowest BCUT2D eigenvalue weighted by atomic mass is 9.96. The van der Waals surface area contributed by atoms with E-state index in [9.17, 15) is 4.79 Å². The molecule has 112 valence electrons. The SMILES string of the molecule is CCN(CC)CC1CCN(C(=O)c2csc(N)n2)CC1. The zero-order valence-corrected chi connectivity index (χ0v) is 13.2. The average Bonchev–Trinajstić information content (AvgIpc) is 2.91. The lowest BCUT2D eigenvalue weighted by Gasteiger charge is -2.34. The van der Waals surface area contributed by atoms with Crippen molar-refractivity contribution in [2.24, 2.45) is 5.92 Å². The van der Waals surface area contributed by atoms with E-state index in [0.717, 1.165) is 45.6 Å². The molecule has 1 aromatic heterocycles. The third kappa shape index (κ3) is 3.70. The minimum atomic E-state index is 0.0271. The smallest absolute Gasteiger partial charge is 0.273 e. The van der Waals surface area contributed by atoms with Crippen LogP contribution in [0.3, 0.4) is 0 Å². The normalized spacial score (nSPS) is 16.9. The first kappa shape index (κ1) is 15.3. The molecule has 1 amide bonds. The molecule has 0 atom stereocenters. The Labute approximate surface area is 124 Å². The Bertz CT molecular complexity index is 436. The summed E-state index contributed by atoms with van der Waals surface area (Å²) >= 11 is 1.32. The van der Waals surface area contributed by atoms with Gasteiger partial charge in [-0.2, -0.15) is 0 Å². The van der Waals surface area contributed by atoms with Gasteiger partial charge in [0.15, 0.2) is 5.13 Å². The van der Waals surface area contributed by atoms with Crippen LogP contribution in [0.2, 0.25) is 0 Å². The van der Waals surface area contributed by atoms with E-state index in [-0.39, 0.29) is 5.91 Å². The second-order valence-corrected chi connectivity index (χ2v) is 6.18. The highest BCUT2D eigenvalue weighted by molar-refractivity contribution is 7.13. The summed E-state index contributed by atoms with van der Waals surface area (Å²) in [6, 6.07) is 0. The summed E-state index contributed by atoms with van der Waals surface area (Å²) < 4.78 is 0. The number of nitrogens with zero attached hydrogens (tertiary/aromatic N) is 3. The maximum absolute atomic E-state index is 12.3. The zero-order valence-electron chi connectivity index (χ0n) is 12.3. The van der Waals surface area contributed by atoms with Gasteiger partial charge in [-0.15, -0.1) is 11.3 Å². The Morgan fingerprint density at radius 2 is 2.10 bits per heavy atom. The van der Waals surface area contributed by atoms with Gasteiger partial charge in [-0.1, -0.05) is 13.8 Å². The van der Waals surface area contributed by atoms with Gasteiger partial charge in [0.05, 0.1) is 0 Å². The molecule has 2 rings (SSSR count). The molecule has 1 aliphatic rings. The number of nitrogen functional groups attached to an aromatic ring is 1. The first-order valence-corrected chi connectivity index (χ1v) is 8.24. The van der Waals surface area contributed by atoms with Crippen LogP contribution >= 0.6 is 11.3 Å². The minimum Gasteiger partial charge on any atom is -0.375 e. The largest absolute Gasteiger partial charge is 0.375 e. The number of piperidine rings is 1. The fraction of sp³-hybridized carbons (Fsp3) is 0.714. The number of thiazole rings is 1. The molecule has 0 spiro atoms. The highest BCUT2D eigenvalue weighted by Gasteiger charge is 2.25. The maximum atomic E-state index is 12.3. The van der Waals surface area contributed by atoms with Gasteiger partial charge in [0.2, 0.25) is 0 Å². The van der Waals surface area contributed by atoms with Crippen molar-refractivity contribution in [1.29, 1.82) is 0 Å². The summed E-state index contributed by atoms with van der Waals surface area (Å²) in [5.41, 5.74) is 6.08. The van der Waals surface area contributed by atoms with E-state index in [1.807, 2.05) is 4.90 Å². The van der Waals surface area contributed by atoms with Crippen LogP contribution in [0, 0.1) is 5.92 Å². The van der Waals surface area contributed by atoms with Gasteiger partial charge in [-0.05, 0) is 31.8 Å². The van der Waals surface area contributed by atoms with Crippen LogP contribution in [0.25, 0.3) is 0 Å². The minimum absolute atomic E-state index is 0.0271. The van der Waals surface area contributed by atoms with Crippen molar-refractivity contribution >= 4 is 22.4 Å². The first-order valence-electron chi connectivity index (χ1n) is 7.36. The molecule has 0 aromatic carbocycles. The molecular formula is C14H24N4OS. The van der Waals surface area contributed by atoms with Gasteiger partial charge < -0.3 is 15.5 Å². The Kier molecular flexibility index (Phi) is 5.37.